The van der Waals surface area contributed by atoms with Crippen molar-refractivity contribution >= 4 is 12.0 Å². The fourth-order valence-corrected chi connectivity index (χ4v) is 4.31. The van der Waals surface area contributed by atoms with Crippen LogP contribution in [0.1, 0.15) is 77.1 Å². The number of unbranched alkanes of at least 4 members (excludes halogenated alkanes) is 1. The summed E-state index contributed by atoms with van der Waals surface area (Å²) in [5.74, 6) is 0.750. The number of rotatable bonds is 6. The molecule has 3 fully saturated rings. The molecule has 4 rings (SSSR count). The van der Waals surface area contributed by atoms with Crippen LogP contribution in [0.25, 0.3) is 0 Å². The number of hydrogen-bond donors (Lipinski definition) is 1. The third-order valence-corrected chi connectivity index (χ3v) is 5.89. The summed E-state index contributed by atoms with van der Waals surface area (Å²) in [4.78, 5) is 25.7. The minimum absolute atomic E-state index is 0.00980. The van der Waals surface area contributed by atoms with Gasteiger partial charge in [0.25, 0.3) is 0 Å². The second kappa shape index (κ2) is 6.72. The maximum atomic E-state index is 12.3. The van der Waals surface area contributed by atoms with Crippen molar-refractivity contribution in [3.05, 3.63) is 11.8 Å². The third kappa shape index (κ3) is 3.59. The van der Waals surface area contributed by atoms with Crippen molar-refractivity contribution in [3.63, 3.8) is 0 Å². The van der Waals surface area contributed by atoms with E-state index >= 15 is 0 Å². The number of ether oxygens (including phenoxy) is 1. The molecule has 1 aromatic rings. The molecular weight excluding hydrogens is 364 g/mol. The highest BCUT2D eigenvalue weighted by atomic mass is 16.6. The highest BCUT2D eigenvalue weighted by molar-refractivity contribution is 5.77. The lowest BCUT2D eigenvalue weighted by Crippen LogP contribution is -2.41. The molecule has 0 radical (unpaired) electrons. The van der Waals surface area contributed by atoms with E-state index in [0.29, 0.717) is 37.6 Å². The van der Waals surface area contributed by atoms with Crippen LogP contribution in [0.5, 0.6) is 0 Å². The van der Waals surface area contributed by atoms with E-state index in [1.807, 2.05) is 20.8 Å². The number of piperidine rings is 1. The van der Waals surface area contributed by atoms with Crippen LogP contribution in [-0.2, 0) is 16.0 Å². The molecule has 1 spiro atoms. The van der Waals surface area contributed by atoms with Crippen molar-refractivity contribution in [1.82, 2.24) is 20.2 Å². The number of hydrogen-bond acceptors (Lipinski definition) is 7. The van der Waals surface area contributed by atoms with Gasteiger partial charge >= 0.3 is 12.0 Å². The molecule has 2 aliphatic heterocycles. The fourth-order valence-electron chi connectivity index (χ4n) is 4.31. The number of nitrogens with zero attached hydrogens (tertiary/aromatic N) is 4. The number of amides is 2. The van der Waals surface area contributed by atoms with Gasteiger partial charge in [0.2, 0.25) is 11.8 Å². The number of fused-ring (bicyclic) bond motifs is 3. The van der Waals surface area contributed by atoms with Crippen molar-refractivity contribution < 1.29 is 24.0 Å². The summed E-state index contributed by atoms with van der Waals surface area (Å²) in [5.41, 5.74) is -0.475. The van der Waals surface area contributed by atoms with Gasteiger partial charge in [0, 0.05) is 19.4 Å². The summed E-state index contributed by atoms with van der Waals surface area (Å²) >= 11 is 0. The molecule has 2 bridgehead atoms. The second-order valence-electron chi connectivity index (χ2n) is 9.21. The molecule has 1 saturated carbocycles. The number of hydroxylamine groups is 2. The van der Waals surface area contributed by atoms with Crippen molar-refractivity contribution in [2.24, 2.45) is 5.41 Å². The molecule has 0 unspecified atom stereocenters. The van der Waals surface area contributed by atoms with Gasteiger partial charge in [-0.1, -0.05) is 0 Å². The first-order valence-corrected chi connectivity index (χ1v) is 10.0. The lowest BCUT2D eigenvalue weighted by atomic mass is 9.85. The topological polar surface area (TPSA) is 109 Å². The summed E-state index contributed by atoms with van der Waals surface area (Å²) in [6.07, 6.45) is 5.14. The highest BCUT2D eigenvalue weighted by Crippen LogP contribution is 2.61. The van der Waals surface area contributed by atoms with Crippen molar-refractivity contribution in [2.75, 3.05) is 6.54 Å². The molecule has 3 heterocycles. The predicted molar refractivity (Wildman–Crippen MR) is 96.2 cm³/mol. The summed E-state index contributed by atoms with van der Waals surface area (Å²) < 4.78 is 11.1. The molecule has 1 N–H and O–H groups in total. The largest absolute Gasteiger partial charge is 0.460 e. The molecular formula is C19H28N4O5. The molecule has 9 heteroatoms. The van der Waals surface area contributed by atoms with Gasteiger partial charge in [0.1, 0.15) is 11.6 Å². The van der Waals surface area contributed by atoms with Crippen LogP contribution in [0.2, 0.25) is 0 Å². The smallest absolute Gasteiger partial charge is 0.344 e. The van der Waals surface area contributed by atoms with E-state index in [-0.39, 0.29) is 29.5 Å². The van der Waals surface area contributed by atoms with Crippen LogP contribution in [-0.4, -0.2) is 55.6 Å². The maximum Gasteiger partial charge on any atom is 0.344 e. The van der Waals surface area contributed by atoms with Gasteiger partial charge in [-0.3, -0.25) is 10.0 Å². The first kappa shape index (κ1) is 19.2. The minimum Gasteiger partial charge on any atom is -0.460 e. The van der Waals surface area contributed by atoms with Gasteiger partial charge in [-0.05, 0) is 58.3 Å². The van der Waals surface area contributed by atoms with Crippen molar-refractivity contribution in [2.45, 2.75) is 83.4 Å². The highest BCUT2D eigenvalue weighted by Gasteiger charge is 2.63. The second-order valence-corrected chi connectivity index (χ2v) is 9.21. The van der Waals surface area contributed by atoms with E-state index in [2.05, 4.69) is 10.2 Å². The SMILES string of the molecule is CC(C)(C)OC(=O)CCCCc1nnc([C@@H]2CC3(CC3)[C@@H]3CN2C(=O)N3O)o1. The van der Waals surface area contributed by atoms with Gasteiger partial charge in [0.15, 0.2) is 0 Å². The van der Waals surface area contributed by atoms with E-state index in [4.69, 9.17) is 9.15 Å². The number of carbonyl (C=O) groups excluding carboxylic acids is 2. The van der Waals surface area contributed by atoms with Crippen LogP contribution >= 0.6 is 0 Å². The van der Waals surface area contributed by atoms with Gasteiger partial charge in [-0.2, -0.15) is 0 Å². The fraction of sp³-hybridized carbons (Fsp3) is 0.789. The molecule has 28 heavy (non-hydrogen) atoms. The first-order chi connectivity index (χ1) is 13.2. The number of urea groups is 1. The Labute approximate surface area is 164 Å². The minimum atomic E-state index is -0.465. The summed E-state index contributed by atoms with van der Waals surface area (Å²) in [7, 11) is 0. The van der Waals surface area contributed by atoms with E-state index in [1.54, 1.807) is 4.90 Å². The standard InChI is InChI=1S/C19H28N4O5/c1-18(2,3)28-15(24)7-5-4-6-14-20-21-16(27-14)12-10-19(8-9-19)13-11-22(12)17(25)23(13)26/h12-13,26H,4-11H2,1-3H3/t12-,13-/m0/s1. The first-order valence-electron chi connectivity index (χ1n) is 10.0. The van der Waals surface area contributed by atoms with Crippen molar-refractivity contribution in [3.8, 4) is 0 Å². The third-order valence-electron chi connectivity index (χ3n) is 5.89. The molecule has 2 saturated heterocycles. The zero-order valence-corrected chi connectivity index (χ0v) is 16.7. The van der Waals surface area contributed by atoms with E-state index in [1.165, 1.54) is 0 Å². The Morgan fingerprint density at radius 1 is 1.32 bits per heavy atom. The van der Waals surface area contributed by atoms with Gasteiger partial charge in [-0.25, -0.2) is 9.86 Å². The van der Waals surface area contributed by atoms with Crippen LogP contribution in [0.4, 0.5) is 4.79 Å². The normalized spacial score (nSPS) is 25.5. The molecule has 2 atom stereocenters. The lowest BCUT2D eigenvalue weighted by molar-refractivity contribution is -0.154. The Balaban J connectivity index is 1.31. The average Bonchev–Trinajstić information content (AvgIpc) is 3.12. The monoisotopic (exact) mass is 392 g/mol. The molecule has 2 amide bonds. The molecule has 1 aliphatic carbocycles. The van der Waals surface area contributed by atoms with Crippen LogP contribution in [0, 0.1) is 5.41 Å². The molecule has 1 aromatic heterocycles. The Morgan fingerprint density at radius 3 is 2.75 bits per heavy atom. The molecule has 0 aromatic carbocycles. The van der Waals surface area contributed by atoms with Crippen LogP contribution in [0.15, 0.2) is 4.42 Å². The van der Waals surface area contributed by atoms with E-state index in [0.717, 1.165) is 30.7 Å². The Morgan fingerprint density at radius 2 is 2.07 bits per heavy atom. The predicted octanol–water partition coefficient (Wildman–Crippen LogP) is 2.84. The molecule has 154 valence electrons. The van der Waals surface area contributed by atoms with E-state index < -0.39 is 5.60 Å². The maximum absolute atomic E-state index is 12.3. The average molecular weight is 392 g/mol. The number of carbonyl (C=O) groups is 2. The van der Waals surface area contributed by atoms with Gasteiger partial charge in [-0.15, -0.1) is 10.2 Å². The lowest BCUT2D eigenvalue weighted by Gasteiger charge is -2.34. The van der Waals surface area contributed by atoms with E-state index in [9.17, 15) is 14.8 Å². The van der Waals surface area contributed by atoms with Crippen molar-refractivity contribution in [1.29, 1.82) is 0 Å². The summed E-state index contributed by atoms with van der Waals surface area (Å²) in [5, 5.41) is 19.3. The molecule has 3 aliphatic rings. The van der Waals surface area contributed by atoms with Crippen LogP contribution < -0.4 is 0 Å². The number of aromatic nitrogens is 2. The van der Waals surface area contributed by atoms with Crippen LogP contribution in [0.3, 0.4) is 0 Å². The summed E-state index contributed by atoms with van der Waals surface area (Å²) in [6, 6.07) is -0.770. The quantitative estimate of drug-likeness (QED) is 0.450. The summed E-state index contributed by atoms with van der Waals surface area (Å²) in [6.45, 7) is 6.06. The number of aryl methyl sites for hydroxylation is 1. The zero-order valence-electron chi connectivity index (χ0n) is 16.7. The Bertz CT molecular complexity index is 767. The molecule has 9 nitrogen and oxygen atoms in total. The Hall–Kier alpha value is -2.16. The van der Waals surface area contributed by atoms with Gasteiger partial charge < -0.3 is 14.1 Å². The number of esters is 1. The Kier molecular flexibility index (Phi) is 4.60. The zero-order chi connectivity index (χ0) is 20.1. The van der Waals surface area contributed by atoms with Gasteiger partial charge in [0.05, 0.1) is 6.04 Å².